The molecular formula is C28H32FN5O2. The van der Waals surface area contributed by atoms with Crippen LogP contribution in [0.1, 0.15) is 36.2 Å². The van der Waals surface area contributed by atoms with Crippen LogP contribution in [-0.2, 0) is 4.74 Å². The summed E-state index contributed by atoms with van der Waals surface area (Å²) in [4.78, 5) is 17.6. The molecule has 3 heterocycles. The fourth-order valence-electron chi connectivity index (χ4n) is 4.87. The van der Waals surface area contributed by atoms with E-state index in [2.05, 4.69) is 21.2 Å². The lowest BCUT2D eigenvalue weighted by molar-refractivity contribution is 0.0321. The number of nitriles is 1. The lowest BCUT2D eigenvalue weighted by atomic mass is 10.1. The largest absolute Gasteiger partial charge is 0.381 e. The zero-order valence-corrected chi connectivity index (χ0v) is 19.5. The van der Waals surface area contributed by atoms with Crippen molar-refractivity contribution in [3.8, 4) is 11.8 Å². The van der Waals surface area contributed by atoms with Gasteiger partial charge in [-0.2, -0.15) is 5.26 Å². The van der Waals surface area contributed by atoms with Crippen molar-refractivity contribution in [2.75, 3.05) is 49.6 Å². The molecule has 0 saturated carbocycles. The Balaban J connectivity index is 0.00000304. The minimum absolute atomic E-state index is 0. The fraction of sp³-hybridized carbons (Fsp3) is 0.357. The zero-order valence-electron chi connectivity index (χ0n) is 19.5. The molecule has 2 aliphatic heterocycles. The highest BCUT2D eigenvalue weighted by Crippen LogP contribution is 2.27. The summed E-state index contributed by atoms with van der Waals surface area (Å²) in [5, 5.41) is 12.7. The zero-order chi connectivity index (χ0) is 24.2. The number of amides is 1. The third kappa shape index (κ3) is 5.59. The van der Waals surface area contributed by atoms with Crippen LogP contribution >= 0.6 is 0 Å². The van der Waals surface area contributed by atoms with E-state index in [1.54, 1.807) is 41.2 Å². The highest BCUT2D eigenvalue weighted by Gasteiger charge is 2.26. The van der Waals surface area contributed by atoms with Crippen molar-refractivity contribution < 1.29 is 13.9 Å². The summed E-state index contributed by atoms with van der Waals surface area (Å²) in [6, 6.07) is 16.1. The molecule has 8 heteroatoms. The van der Waals surface area contributed by atoms with Gasteiger partial charge in [-0.3, -0.25) is 9.69 Å². The van der Waals surface area contributed by atoms with E-state index in [0.717, 1.165) is 63.6 Å². The molecule has 2 fully saturated rings. The summed E-state index contributed by atoms with van der Waals surface area (Å²) in [6.45, 7) is 5.36. The molecule has 0 radical (unpaired) electrons. The summed E-state index contributed by atoms with van der Waals surface area (Å²) >= 11 is 0. The molecule has 0 spiro atoms. The number of nitrogens with one attached hydrogen (secondary N) is 1. The molecule has 3 aromatic rings. The molecule has 2 saturated heterocycles. The highest BCUT2D eigenvalue weighted by molar-refractivity contribution is 6.04. The number of nitrogens with zero attached hydrogens (tertiary/aromatic N) is 4. The van der Waals surface area contributed by atoms with E-state index < -0.39 is 0 Å². The maximum atomic E-state index is 13.2. The van der Waals surface area contributed by atoms with Gasteiger partial charge >= 0.3 is 0 Å². The Morgan fingerprint density at radius 1 is 1.03 bits per heavy atom. The molecule has 7 nitrogen and oxygen atoms in total. The average molecular weight is 490 g/mol. The van der Waals surface area contributed by atoms with Crippen LogP contribution in [0.4, 0.5) is 15.8 Å². The highest BCUT2D eigenvalue weighted by atomic mass is 19.1. The van der Waals surface area contributed by atoms with Crippen LogP contribution in [0.5, 0.6) is 0 Å². The predicted molar refractivity (Wildman–Crippen MR) is 139 cm³/mol. The predicted octanol–water partition coefficient (Wildman–Crippen LogP) is 4.68. The lowest BCUT2D eigenvalue weighted by Gasteiger charge is -2.41. The third-order valence-corrected chi connectivity index (χ3v) is 6.82. The van der Waals surface area contributed by atoms with Crippen molar-refractivity contribution in [2.24, 2.45) is 0 Å². The number of aromatic nitrogens is 1. The van der Waals surface area contributed by atoms with Crippen molar-refractivity contribution >= 4 is 17.3 Å². The molecule has 5 rings (SSSR count). The summed E-state index contributed by atoms with van der Waals surface area (Å²) in [5.74, 6) is -0.579. The first-order chi connectivity index (χ1) is 17.1. The number of ether oxygens (including phenoxy) is 1. The monoisotopic (exact) mass is 489 g/mol. The number of hydrogen-bond acceptors (Lipinski definition) is 5. The van der Waals surface area contributed by atoms with E-state index in [4.69, 9.17) is 4.74 Å². The average Bonchev–Trinajstić information content (AvgIpc) is 3.40. The van der Waals surface area contributed by atoms with Gasteiger partial charge in [0.2, 0.25) is 0 Å². The normalized spacial score (nSPS) is 16.7. The number of carbonyl (C=O) groups excluding carboxylic acids is 1. The lowest BCUT2D eigenvalue weighted by Crippen LogP contribution is -2.51. The van der Waals surface area contributed by atoms with Crippen LogP contribution in [0, 0.1) is 17.1 Å². The Morgan fingerprint density at radius 2 is 1.75 bits per heavy atom. The summed E-state index contributed by atoms with van der Waals surface area (Å²) < 4.78 is 20.4. The second-order valence-corrected chi connectivity index (χ2v) is 8.95. The first-order valence-electron chi connectivity index (χ1n) is 12.0. The third-order valence-electron chi connectivity index (χ3n) is 6.82. The summed E-state index contributed by atoms with van der Waals surface area (Å²) in [5.41, 5.74) is 3.26. The van der Waals surface area contributed by atoms with Gasteiger partial charge in [-0.1, -0.05) is 7.43 Å². The van der Waals surface area contributed by atoms with Crippen LogP contribution in [-0.4, -0.2) is 60.8 Å². The van der Waals surface area contributed by atoms with E-state index >= 15 is 0 Å². The Kier molecular flexibility index (Phi) is 8.04. The molecule has 0 unspecified atom stereocenters. The molecule has 188 valence electrons. The van der Waals surface area contributed by atoms with Gasteiger partial charge in [0, 0.05) is 69.2 Å². The van der Waals surface area contributed by atoms with Crippen LogP contribution in [0.25, 0.3) is 5.69 Å². The number of carbonyl (C=O) groups is 1. The molecule has 36 heavy (non-hydrogen) atoms. The Bertz CT molecular complexity index is 1220. The fourth-order valence-corrected chi connectivity index (χ4v) is 4.87. The van der Waals surface area contributed by atoms with Crippen molar-refractivity contribution in [1.82, 2.24) is 9.47 Å². The maximum absolute atomic E-state index is 13.2. The standard InChI is InChI=1S/C27H28FN5O2.CH4/c28-22-1-4-24(5-2-22)33-10-7-20(19-33)27(34)30-23-3-6-26(21(17-23)18-29)32-13-11-31(12-14-32)25-8-15-35-16-9-25;/h1-7,10,17,19,25H,8-9,11-16H2,(H,30,34);1H4. The van der Waals surface area contributed by atoms with Crippen molar-refractivity contribution in [3.63, 3.8) is 0 Å². The number of anilines is 2. The molecule has 0 aliphatic carbocycles. The number of hydrogen-bond donors (Lipinski definition) is 1. The topological polar surface area (TPSA) is 73.5 Å². The van der Waals surface area contributed by atoms with Gasteiger partial charge in [-0.15, -0.1) is 0 Å². The van der Waals surface area contributed by atoms with Crippen molar-refractivity contribution in [1.29, 1.82) is 5.26 Å². The van der Waals surface area contributed by atoms with E-state index in [1.807, 2.05) is 12.1 Å². The van der Waals surface area contributed by atoms with Gasteiger partial charge in [-0.25, -0.2) is 4.39 Å². The van der Waals surface area contributed by atoms with E-state index in [-0.39, 0.29) is 19.2 Å². The molecule has 1 N–H and O–H groups in total. The van der Waals surface area contributed by atoms with Crippen molar-refractivity contribution in [3.05, 3.63) is 77.9 Å². The van der Waals surface area contributed by atoms with Gasteiger partial charge in [0.15, 0.2) is 0 Å². The number of piperazine rings is 1. The maximum Gasteiger partial charge on any atom is 0.257 e. The summed E-state index contributed by atoms with van der Waals surface area (Å²) in [6.07, 6.45) is 5.63. The Labute approximate surface area is 211 Å². The SMILES string of the molecule is C.N#Cc1cc(NC(=O)c2ccn(-c3ccc(F)cc3)c2)ccc1N1CCN(C2CCOCC2)CC1. The second kappa shape index (κ2) is 11.4. The molecule has 2 aromatic carbocycles. The van der Waals surface area contributed by atoms with E-state index in [9.17, 15) is 14.4 Å². The van der Waals surface area contributed by atoms with E-state index in [0.29, 0.717) is 22.9 Å². The molecule has 1 amide bonds. The molecular weight excluding hydrogens is 457 g/mol. The van der Waals surface area contributed by atoms with Gasteiger partial charge in [0.1, 0.15) is 11.9 Å². The van der Waals surface area contributed by atoms with E-state index in [1.165, 1.54) is 12.1 Å². The van der Waals surface area contributed by atoms with Crippen molar-refractivity contribution in [2.45, 2.75) is 26.3 Å². The Morgan fingerprint density at radius 3 is 2.44 bits per heavy atom. The molecule has 0 bridgehead atoms. The van der Waals surface area contributed by atoms with Crippen LogP contribution < -0.4 is 10.2 Å². The Hall–Kier alpha value is -3.67. The van der Waals surface area contributed by atoms with Gasteiger partial charge in [-0.05, 0) is 61.4 Å². The number of benzene rings is 2. The molecule has 1 aromatic heterocycles. The van der Waals surface area contributed by atoms with Crippen LogP contribution in [0.2, 0.25) is 0 Å². The molecule has 2 aliphatic rings. The molecule has 0 atom stereocenters. The van der Waals surface area contributed by atoms with Crippen LogP contribution in [0.15, 0.2) is 60.9 Å². The van der Waals surface area contributed by atoms with Gasteiger partial charge in [0.05, 0.1) is 16.8 Å². The smallest absolute Gasteiger partial charge is 0.257 e. The first-order valence-corrected chi connectivity index (χ1v) is 12.0. The minimum Gasteiger partial charge on any atom is -0.381 e. The van der Waals surface area contributed by atoms with Crippen LogP contribution in [0.3, 0.4) is 0 Å². The van der Waals surface area contributed by atoms with Gasteiger partial charge < -0.3 is 19.5 Å². The number of halogens is 1. The van der Waals surface area contributed by atoms with Gasteiger partial charge in [0.25, 0.3) is 5.91 Å². The summed E-state index contributed by atoms with van der Waals surface area (Å²) in [7, 11) is 0. The number of rotatable bonds is 5. The minimum atomic E-state index is -0.309. The quantitative estimate of drug-likeness (QED) is 0.564. The first kappa shape index (κ1) is 25.4. The second-order valence-electron chi connectivity index (χ2n) is 8.95.